The van der Waals surface area contributed by atoms with Crippen LogP contribution in [-0.2, 0) is 0 Å². The highest BCUT2D eigenvalue weighted by Gasteiger charge is 2.22. The monoisotopic (exact) mass is 734 g/mol. The van der Waals surface area contributed by atoms with Gasteiger partial charge in [0.2, 0.25) is 0 Å². The van der Waals surface area contributed by atoms with Gasteiger partial charge in [-0.1, -0.05) is 146 Å². The first-order chi connectivity index (χ1) is 27.8. The maximum atomic E-state index is 5.33. The van der Waals surface area contributed by atoms with Crippen molar-refractivity contribution in [1.82, 2.24) is 29.5 Å². The van der Waals surface area contributed by atoms with Gasteiger partial charge in [-0.25, -0.2) is 24.9 Å². The highest BCUT2D eigenvalue weighted by Crippen LogP contribution is 2.41. The van der Waals surface area contributed by atoms with Crippen molar-refractivity contribution in [1.29, 1.82) is 0 Å². The zero-order valence-corrected chi connectivity index (χ0v) is 30.7. The van der Waals surface area contributed by atoms with Gasteiger partial charge in [-0.2, -0.15) is 0 Å². The van der Waals surface area contributed by atoms with Gasteiger partial charge in [0.05, 0.1) is 32.6 Å². The molecular formula is C49H30N6S. The molecule has 0 aliphatic rings. The summed E-state index contributed by atoms with van der Waals surface area (Å²) in [6.45, 7) is 0. The van der Waals surface area contributed by atoms with E-state index in [1.165, 1.54) is 15.5 Å². The van der Waals surface area contributed by atoms with Crippen molar-refractivity contribution in [3.05, 3.63) is 182 Å². The Labute approximate surface area is 326 Å². The molecule has 4 aromatic heterocycles. The molecule has 6 nitrogen and oxygen atoms in total. The number of thiophene rings is 1. The van der Waals surface area contributed by atoms with Crippen molar-refractivity contribution in [2.24, 2.45) is 0 Å². The van der Waals surface area contributed by atoms with Crippen LogP contribution in [0.5, 0.6) is 0 Å². The molecular weight excluding hydrogens is 705 g/mol. The van der Waals surface area contributed by atoms with Crippen LogP contribution in [0.1, 0.15) is 0 Å². The summed E-state index contributed by atoms with van der Waals surface area (Å²) >= 11 is 1.73. The van der Waals surface area contributed by atoms with Gasteiger partial charge in [-0.3, -0.25) is 0 Å². The van der Waals surface area contributed by atoms with E-state index in [1.807, 2.05) is 66.7 Å². The minimum absolute atomic E-state index is 0.557. The summed E-state index contributed by atoms with van der Waals surface area (Å²) < 4.78 is 4.57. The number of benzene rings is 7. The standard InChI is InChI=1S/C49H30N6S/c1-4-16-31(17-5-1)43-45-44(37-24-12-15-27-42(37)56-45)51-48(50-43)34-28-29-41(55-39-25-13-10-22-35(39)36-23-11-14-26-40(36)55)38(30-34)49-53-46(32-18-6-2-7-19-32)52-47(54-49)33-20-8-3-9-21-33/h1-30H. The number of fused-ring (bicyclic) bond motifs is 6. The first-order valence-electron chi connectivity index (χ1n) is 18.5. The Balaban J connectivity index is 1.22. The number of para-hydroxylation sites is 2. The molecule has 0 aliphatic carbocycles. The zero-order chi connectivity index (χ0) is 37.0. The lowest BCUT2D eigenvalue weighted by Crippen LogP contribution is -2.04. The number of hydrogen-bond acceptors (Lipinski definition) is 6. The summed E-state index contributed by atoms with van der Waals surface area (Å²) in [7, 11) is 0. The normalized spacial score (nSPS) is 11.6. The lowest BCUT2D eigenvalue weighted by atomic mass is 10.0. The van der Waals surface area contributed by atoms with Crippen LogP contribution >= 0.6 is 11.3 Å². The van der Waals surface area contributed by atoms with Crippen LogP contribution in [0.3, 0.4) is 0 Å². The number of hydrogen-bond donors (Lipinski definition) is 0. The quantitative estimate of drug-likeness (QED) is 0.170. The molecule has 0 bridgehead atoms. The second-order valence-electron chi connectivity index (χ2n) is 13.7. The topological polar surface area (TPSA) is 69.4 Å². The molecule has 11 aromatic rings. The summed E-state index contributed by atoms with van der Waals surface area (Å²) in [4.78, 5) is 26.1. The van der Waals surface area contributed by atoms with E-state index < -0.39 is 0 Å². The van der Waals surface area contributed by atoms with E-state index in [2.05, 4.69) is 120 Å². The summed E-state index contributed by atoms with van der Waals surface area (Å²) in [5.74, 6) is 2.39. The lowest BCUT2D eigenvalue weighted by molar-refractivity contribution is 1.06. The molecule has 0 fully saturated rings. The van der Waals surface area contributed by atoms with Gasteiger partial charge in [-0.05, 0) is 36.4 Å². The third kappa shape index (κ3) is 5.36. The molecule has 7 heteroatoms. The maximum Gasteiger partial charge on any atom is 0.166 e. The predicted molar refractivity (Wildman–Crippen MR) is 230 cm³/mol. The van der Waals surface area contributed by atoms with Crippen LogP contribution in [0.15, 0.2) is 182 Å². The molecule has 0 N–H and O–H groups in total. The Bertz CT molecular complexity index is 3140. The van der Waals surface area contributed by atoms with Crippen LogP contribution in [0.2, 0.25) is 0 Å². The molecule has 0 unspecified atom stereocenters. The largest absolute Gasteiger partial charge is 0.309 e. The molecule has 4 heterocycles. The molecule has 7 aromatic carbocycles. The van der Waals surface area contributed by atoms with Crippen molar-refractivity contribution >= 4 is 53.4 Å². The van der Waals surface area contributed by atoms with Gasteiger partial charge in [0.25, 0.3) is 0 Å². The van der Waals surface area contributed by atoms with Gasteiger partial charge in [0.15, 0.2) is 23.3 Å². The molecule has 0 radical (unpaired) electrons. The highest BCUT2D eigenvalue weighted by molar-refractivity contribution is 7.26. The van der Waals surface area contributed by atoms with Crippen molar-refractivity contribution in [3.63, 3.8) is 0 Å². The van der Waals surface area contributed by atoms with Crippen LogP contribution in [0, 0.1) is 0 Å². The van der Waals surface area contributed by atoms with Crippen molar-refractivity contribution in [3.8, 4) is 62.5 Å². The van der Waals surface area contributed by atoms with Crippen LogP contribution in [-0.4, -0.2) is 29.5 Å². The molecule has 0 atom stereocenters. The summed E-state index contributed by atoms with van der Waals surface area (Å²) in [6, 6.07) is 62.6. The third-order valence-corrected chi connectivity index (χ3v) is 11.4. The van der Waals surface area contributed by atoms with Gasteiger partial charge < -0.3 is 4.57 Å². The van der Waals surface area contributed by atoms with E-state index in [0.717, 1.165) is 65.8 Å². The zero-order valence-electron chi connectivity index (χ0n) is 29.9. The highest BCUT2D eigenvalue weighted by atomic mass is 32.1. The van der Waals surface area contributed by atoms with E-state index in [9.17, 15) is 0 Å². The molecule has 0 spiro atoms. The Kier molecular flexibility index (Phi) is 7.57. The fourth-order valence-electron chi connectivity index (χ4n) is 7.67. The van der Waals surface area contributed by atoms with Gasteiger partial charge in [0, 0.05) is 48.7 Å². The molecule has 56 heavy (non-hydrogen) atoms. The average molecular weight is 735 g/mol. The number of nitrogens with zero attached hydrogens (tertiary/aromatic N) is 6. The van der Waals surface area contributed by atoms with Crippen molar-refractivity contribution in [2.45, 2.75) is 0 Å². The SMILES string of the molecule is c1ccc(-c2nc(-c3ccccc3)nc(-c3cc(-c4nc(-c5ccccc5)c5sc6ccccc6c5n4)ccc3-n3c4ccccc4c4ccccc43)n2)cc1. The van der Waals surface area contributed by atoms with Gasteiger partial charge in [-0.15, -0.1) is 11.3 Å². The summed E-state index contributed by atoms with van der Waals surface area (Å²) in [6.07, 6.45) is 0. The Morgan fingerprint density at radius 3 is 1.50 bits per heavy atom. The third-order valence-electron chi connectivity index (χ3n) is 10.3. The molecule has 11 rings (SSSR count). The first kappa shape index (κ1) is 32.1. The van der Waals surface area contributed by atoms with E-state index >= 15 is 0 Å². The minimum Gasteiger partial charge on any atom is -0.309 e. The first-order valence-corrected chi connectivity index (χ1v) is 19.3. The molecule has 0 amide bonds. The molecule has 262 valence electrons. The van der Waals surface area contributed by atoms with E-state index in [4.69, 9.17) is 24.9 Å². The smallest absolute Gasteiger partial charge is 0.166 e. The van der Waals surface area contributed by atoms with Crippen LogP contribution in [0.4, 0.5) is 0 Å². The molecule has 0 saturated heterocycles. The van der Waals surface area contributed by atoms with E-state index in [1.54, 1.807) is 11.3 Å². The Hall–Kier alpha value is -7.35. The maximum absolute atomic E-state index is 5.33. The van der Waals surface area contributed by atoms with Crippen molar-refractivity contribution in [2.75, 3.05) is 0 Å². The minimum atomic E-state index is 0.557. The fraction of sp³-hybridized carbons (Fsp3) is 0. The lowest BCUT2D eigenvalue weighted by Gasteiger charge is -2.16. The fourth-order valence-corrected chi connectivity index (χ4v) is 8.83. The second-order valence-corrected chi connectivity index (χ2v) is 14.7. The van der Waals surface area contributed by atoms with Crippen LogP contribution in [0.25, 0.3) is 105 Å². The van der Waals surface area contributed by atoms with E-state index in [-0.39, 0.29) is 0 Å². The average Bonchev–Trinajstić information content (AvgIpc) is 3.82. The number of rotatable bonds is 6. The molecule has 0 aliphatic heterocycles. The molecule has 0 saturated carbocycles. The van der Waals surface area contributed by atoms with Gasteiger partial charge >= 0.3 is 0 Å². The predicted octanol–water partition coefficient (Wildman–Crippen LogP) is 12.5. The summed E-state index contributed by atoms with van der Waals surface area (Å²) in [5, 5.41) is 3.47. The summed E-state index contributed by atoms with van der Waals surface area (Å²) in [5.41, 5.74) is 9.56. The van der Waals surface area contributed by atoms with Crippen LogP contribution < -0.4 is 0 Å². The van der Waals surface area contributed by atoms with Crippen molar-refractivity contribution < 1.29 is 0 Å². The van der Waals surface area contributed by atoms with Gasteiger partial charge in [0.1, 0.15) is 0 Å². The second kappa shape index (κ2) is 13.2. The number of aromatic nitrogens is 6. The Morgan fingerprint density at radius 2 is 0.875 bits per heavy atom. The van der Waals surface area contributed by atoms with E-state index in [0.29, 0.717) is 23.3 Å². The Morgan fingerprint density at radius 1 is 0.375 bits per heavy atom.